The molecular formula is C15H15ClN2O2. The number of carbonyl (C=O) groups excluding carboxylic acids is 1. The van der Waals surface area contributed by atoms with Gasteiger partial charge in [-0.15, -0.1) is 11.6 Å². The first-order valence-corrected chi connectivity index (χ1v) is 6.85. The number of aromatic nitrogens is 2. The van der Waals surface area contributed by atoms with Gasteiger partial charge in [-0.1, -0.05) is 23.8 Å². The zero-order chi connectivity index (χ0) is 14.5. The van der Waals surface area contributed by atoms with Crippen molar-refractivity contribution in [2.75, 3.05) is 6.61 Å². The molecule has 104 valence electrons. The molecule has 0 amide bonds. The summed E-state index contributed by atoms with van der Waals surface area (Å²) in [4.78, 5) is 20.4. The third kappa shape index (κ3) is 3.14. The van der Waals surface area contributed by atoms with E-state index in [4.69, 9.17) is 16.3 Å². The maximum Gasteiger partial charge on any atom is 0.341 e. The van der Waals surface area contributed by atoms with Gasteiger partial charge >= 0.3 is 5.97 Å². The minimum atomic E-state index is -0.445. The van der Waals surface area contributed by atoms with E-state index in [1.54, 1.807) is 6.92 Å². The Morgan fingerprint density at radius 2 is 2.20 bits per heavy atom. The van der Waals surface area contributed by atoms with Crippen LogP contribution >= 0.6 is 11.6 Å². The van der Waals surface area contributed by atoms with Gasteiger partial charge in [0.05, 0.1) is 18.2 Å². The van der Waals surface area contributed by atoms with Crippen LogP contribution in [0.2, 0.25) is 0 Å². The molecule has 0 bridgehead atoms. The Hall–Kier alpha value is -1.94. The Kier molecular flexibility index (Phi) is 4.69. The third-order valence-electron chi connectivity index (χ3n) is 2.77. The van der Waals surface area contributed by atoms with Crippen LogP contribution in [0.1, 0.15) is 28.5 Å². The van der Waals surface area contributed by atoms with Crippen LogP contribution < -0.4 is 0 Å². The van der Waals surface area contributed by atoms with Crippen molar-refractivity contribution in [2.24, 2.45) is 0 Å². The molecule has 0 saturated heterocycles. The smallest absolute Gasteiger partial charge is 0.341 e. The van der Waals surface area contributed by atoms with Crippen molar-refractivity contribution in [2.45, 2.75) is 19.7 Å². The quantitative estimate of drug-likeness (QED) is 0.640. The fourth-order valence-electron chi connectivity index (χ4n) is 1.82. The Morgan fingerprint density at radius 1 is 1.40 bits per heavy atom. The van der Waals surface area contributed by atoms with Crippen molar-refractivity contribution in [3.05, 3.63) is 47.3 Å². The molecule has 0 aliphatic heterocycles. The molecule has 1 heterocycles. The highest BCUT2D eigenvalue weighted by molar-refractivity contribution is 6.17. The lowest BCUT2D eigenvalue weighted by atomic mass is 10.1. The fourth-order valence-corrected chi connectivity index (χ4v) is 2.03. The molecule has 2 rings (SSSR count). The van der Waals surface area contributed by atoms with Crippen LogP contribution in [0, 0.1) is 6.92 Å². The number of hydrogen-bond acceptors (Lipinski definition) is 4. The van der Waals surface area contributed by atoms with Crippen molar-refractivity contribution in [1.29, 1.82) is 0 Å². The predicted octanol–water partition coefficient (Wildman–Crippen LogP) is 3.37. The molecule has 0 spiro atoms. The number of carbonyl (C=O) groups is 1. The van der Waals surface area contributed by atoms with Gasteiger partial charge in [-0.25, -0.2) is 14.8 Å². The van der Waals surface area contributed by atoms with Crippen LogP contribution in [0.25, 0.3) is 11.4 Å². The molecule has 0 atom stereocenters. The van der Waals surface area contributed by atoms with Crippen molar-refractivity contribution in [3.8, 4) is 11.4 Å². The van der Waals surface area contributed by atoms with E-state index >= 15 is 0 Å². The molecule has 0 unspecified atom stereocenters. The molecule has 1 aromatic heterocycles. The summed E-state index contributed by atoms with van der Waals surface area (Å²) >= 11 is 5.87. The highest BCUT2D eigenvalue weighted by Gasteiger charge is 2.15. The van der Waals surface area contributed by atoms with Gasteiger partial charge in [0, 0.05) is 11.8 Å². The summed E-state index contributed by atoms with van der Waals surface area (Å²) in [5.74, 6) is 0.242. The number of rotatable bonds is 4. The number of hydrogen-bond donors (Lipinski definition) is 0. The van der Waals surface area contributed by atoms with E-state index in [1.807, 2.05) is 31.2 Å². The molecule has 0 fully saturated rings. The third-order valence-corrected chi connectivity index (χ3v) is 3.02. The van der Waals surface area contributed by atoms with Crippen molar-refractivity contribution >= 4 is 17.6 Å². The minimum absolute atomic E-state index is 0.134. The van der Waals surface area contributed by atoms with E-state index < -0.39 is 5.97 Å². The van der Waals surface area contributed by atoms with E-state index in [2.05, 4.69) is 9.97 Å². The number of benzene rings is 1. The zero-order valence-electron chi connectivity index (χ0n) is 11.4. The lowest BCUT2D eigenvalue weighted by molar-refractivity contribution is 0.0524. The lowest BCUT2D eigenvalue weighted by Gasteiger charge is -2.08. The van der Waals surface area contributed by atoms with Gasteiger partial charge in [0.25, 0.3) is 0 Å². The first-order valence-electron chi connectivity index (χ1n) is 6.31. The Morgan fingerprint density at radius 3 is 2.85 bits per heavy atom. The molecule has 4 nitrogen and oxygen atoms in total. The molecule has 0 saturated carbocycles. The number of alkyl halides is 1. The number of esters is 1. The number of ether oxygens (including phenoxy) is 1. The van der Waals surface area contributed by atoms with Gasteiger partial charge in [-0.3, -0.25) is 0 Å². The summed E-state index contributed by atoms with van der Waals surface area (Å²) in [5, 5.41) is 0. The molecule has 0 N–H and O–H groups in total. The van der Waals surface area contributed by atoms with Gasteiger partial charge in [-0.05, 0) is 19.9 Å². The molecule has 0 radical (unpaired) electrons. The van der Waals surface area contributed by atoms with Gasteiger partial charge in [0.2, 0.25) is 0 Å². The fraction of sp³-hybridized carbons (Fsp3) is 0.267. The molecule has 0 aliphatic rings. The first-order chi connectivity index (χ1) is 9.65. The topological polar surface area (TPSA) is 52.1 Å². The first kappa shape index (κ1) is 14.5. The van der Waals surface area contributed by atoms with Crippen LogP contribution in [-0.4, -0.2) is 22.5 Å². The second-order valence-electron chi connectivity index (χ2n) is 4.28. The Labute approximate surface area is 122 Å². The van der Waals surface area contributed by atoms with Crippen molar-refractivity contribution in [1.82, 2.24) is 9.97 Å². The predicted molar refractivity (Wildman–Crippen MR) is 77.7 cm³/mol. The highest BCUT2D eigenvalue weighted by atomic mass is 35.5. The van der Waals surface area contributed by atoms with Crippen LogP contribution in [0.5, 0.6) is 0 Å². The summed E-state index contributed by atoms with van der Waals surface area (Å²) in [6.45, 7) is 4.05. The molecule has 5 heteroatoms. The lowest BCUT2D eigenvalue weighted by Crippen LogP contribution is -2.10. The average Bonchev–Trinajstić information content (AvgIpc) is 2.46. The van der Waals surface area contributed by atoms with Crippen LogP contribution in [0.4, 0.5) is 0 Å². The maximum atomic E-state index is 11.8. The van der Waals surface area contributed by atoms with Crippen LogP contribution in [0.15, 0.2) is 30.5 Å². The highest BCUT2D eigenvalue weighted by Crippen LogP contribution is 2.19. The molecule has 2 aromatic rings. The second kappa shape index (κ2) is 6.48. The summed E-state index contributed by atoms with van der Waals surface area (Å²) in [6.07, 6.45) is 1.47. The van der Waals surface area contributed by atoms with Gasteiger partial charge in [-0.2, -0.15) is 0 Å². The standard InChI is InChI=1S/C15H15ClN2O2/c1-3-20-15(19)12-9-17-14(18-13(12)8-16)11-6-4-5-10(2)7-11/h4-7,9H,3,8H2,1-2H3. The minimum Gasteiger partial charge on any atom is -0.462 e. The van der Waals surface area contributed by atoms with Gasteiger partial charge in [0.1, 0.15) is 5.56 Å². The van der Waals surface area contributed by atoms with E-state index in [-0.39, 0.29) is 5.88 Å². The Balaban J connectivity index is 2.41. The molecule has 20 heavy (non-hydrogen) atoms. The summed E-state index contributed by atoms with van der Waals surface area (Å²) in [5.41, 5.74) is 2.81. The Bertz CT molecular complexity index is 629. The number of halogens is 1. The SMILES string of the molecule is CCOC(=O)c1cnc(-c2cccc(C)c2)nc1CCl. The van der Waals surface area contributed by atoms with Gasteiger partial charge in [0.15, 0.2) is 5.82 Å². The second-order valence-corrected chi connectivity index (χ2v) is 4.54. The number of aryl methyl sites for hydroxylation is 1. The zero-order valence-corrected chi connectivity index (χ0v) is 12.1. The van der Waals surface area contributed by atoms with E-state index in [0.717, 1.165) is 11.1 Å². The van der Waals surface area contributed by atoms with Gasteiger partial charge < -0.3 is 4.74 Å². The van der Waals surface area contributed by atoms with Crippen molar-refractivity contribution < 1.29 is 9.53 Å². The van der Waals surface area contributed by atoms with E-state index in [0.29, 0.717) is 23.7 Å². The summed E-state index contributed by atoms with van der Waals surface area (Å²) in [6, 6.07) is 7.84. The van der Waals surface area contributed by atoms with E-state index in [1.165, 1.54) is 6.20 Å². The summed E-state index contributed by atoms with van der Waals surface area (Å²) < 4.78 is 4.96. The molecular weight excluding hydrogens is 276 g/mol. The van der Waals surface area contributed by atoms with Crippen LogP contribution in [0.3, 0.4) is 0 Å². The molecule has 0 aliphatic carbocycles. The van der Waals surface area contributed by atoms with Crippen LogP contribution in [-0.2, 0) is 10.6 Å². The number of nitrogens with zero attached hydrogens (tertiary/aromatic N) is 2. The largest absolute Gasteiger partial charge is 0.462 e. The van der Waals surface area contributed by atoms with E-state index in [9.17, 15) is 4.79 Å². The maximum absolute atomic E-state index is 11.8. The normalized spacial score (nSPS) is 10.3. The summed E-state index contributed by atoms with van der Waals surface area (Å²) in [7, 11) is 0. The molecule has 1 aromatic carbocycles. The monoisotopic (exact) mass is 290 g/mol. The van der Waals surface area contributed by atoms with Crippen molar-refractivity contribution in [3.63, 3.8) is 0 Å². The average molecular weight is 291 g/mol.